The molecule has 1 saturated carbocycles. The van der Waals surface area contributed by atoms with Crippen LogP contribution >= 0.6 is 12.4 Å². The minimum atomic E-state index is -0.404. The molecule has 0 radical (unpaired) electrons. The quantitative estimate of drug-likeness (QED) is 0.900. The van der Waals surface area contributed by atoms with E-state index in [2.05, 4.69) is 17.6 Å². The van der Waals surface area contributed by atoms with E-state index in [-0.39, 0.29) is 30.2 Å². The molecule has 1 aromatic carbocycles. The van der Waals surface area contributed by atoms with Gasteiger partial charge in [-0.2, -0.15) is 0 Å². The lowest BCUT2D eigenvalue weighted by Crippen LogP contribution is -2.50. The second-order valence-corrected chi connectivity index (χ2v) is 6.14. The first-order valence-corrected chi connectivity index (χ1v) is 7.39. The Kier molecular flexibility index (Phi) is 4.89. The highest BCUT2D eigenvalue weighted by Gasteiger charge is 2.51. The minimum Gasteiger partial charge on any atom is -0.352 e. The van der Waals surface area contributed by atoms with Crippen LogP contribution in [0.15, 0.2) is 24.3 Å². The molecule has 0 bridgehead atoms. The van der Waals surface area contributed by atoms with Gasteiger partial charge in [0.2, 0.25) is 5.91 Å². The monoisotopic (exact) mass is 312 g/mol. The van der Waals surface area contributed by atoms with E-state index in [1.165, 1.54) is 12.1 Å². The lowest BCUT2D eigenvalue weighted by molar-refractivity contribution is -0.124. The molecule has 3 rings (SSSR count). The van der Waals surface area contributed by atoms with Gasteiger partial charge in [0, 0.05) is 6.04 Å². The number of carbonyl (C=O) groups excluding carboxylic acids is 1. The number of benzene rings is 1. The van der Waals surface area contributed by atoms with E-state index in [4.69, 9.17) is 0 Å². The first-order chi connectivity index (χ1) is 9.62. The molecule has 116 valence electrons. The molecule has 0 aromatic heterocycles. The second kappa shape index (κ2) is 6.32. The zero-order valence-electron chi connectivity index (χ0n) is 12.2. The maximum absolute atomic E-state index is 13.0. The van der Waals surface area contributed by atoms with Crippen LogP contribution in [0.5, 0.6) is 0 Å². The summed E-state index contributed by atoms with van der Waals surface area (Å²) in [5, 5.41) is 6.55. The van der Waals surface area contributed by atoms with Gasteiger partial charge >= 0.3 is 0 Å². The molecule has 2 fully saturated rings. The first-order valence-electron chi connectivity index (χ1n) is 7.39. The molecule has 2 aliphatic rings. The number of rotatable bonds is 3. The lowest BCUT2D eigenvalue weighted by Gasteiger charge is -2.31. The van der Waals surface area contributed by atoms with Gasteiger partial charge in [-0.3, -0.25) is 4.79 Å². The van der Waals surface area contributed by atoms with Crippen molar-refractivity contribution in [3.8, 4) is 0 Å². The normalized spacial score (nSPS) is 26.6. The summed E-state index contributed by atoms with van der Waals surface area (Å²) in [5.41, 5.74) is 0.538. The average molecular weight is 313 g/mol. The molecule has 3 nitrogen and oxygen atoms in total. The summed E-state index contributed by atoms with van der Waals surface area (Å²) in [6.07, 6.45) is 2.71. The Morgan fingerprint density at radius 3 is 2.57 bits per heavy atom. The number of halogens is 2. The predicted octanol–water partition coefficient (Wildman–Crippen LogP) is 2.39. The highest BCUT2D eigenvalue weighted by atomic mass is 35.5. The van der Waals surface area contributed by atoms with Crippen LogP contribution in [0.2, 0.25) is 0 Å². The molecule has 2 atom stereocenters. The van der Waals surface area contributed by atoms with Gasteiger partial charge in [0.25, 0.3) is 0 Å². The third kappa shape index (κ3) is 3.22. The van der Waals surface area contributed by atoms with Gasteiger partial charge in [-0.05, 0) is 56.0 Å². The van der Waals surface area contributed by atoms with E-state index in [0.29, 0.717) is 5.92 Å². The Morgan fingerprint density at radius 1 is 1.33 bits per heavy atom. The standard InChI is InChI=1S/C16H21FN2O.ClH/c1-11-10-18-9-6-14(11)19-15(20)16(7-8-16)12-2-4-13(17)5-3-12;/h2-5,11,14,18H,6-10H2,1H3,(H,19,20);1H. The highest BCUT2D eigenvalue weighted by Crippen LogP contribution is 2.48. The van der Waals surface area contributed by atoms with E-state index in [0.717, 1.165) is 37.9 Å². The zero-order valence-corrected chi connectivity index (χ0v) is 13.0. The average Bonchev–Trinajstić information content (AvgIpc) is 3.24. The number of hydrogen-bond acceptors (Lipinski definition) is 2. The first kappa shape index (κ1) is 16.2. The van der Waals surface area contributed by atoms with Crippen molar-refractivity contribution in [3.05, 3.63) is 35.6 Å². The topological polar surface area (TPSA) is 41.1 Å². The Hall–Kier alpha value is -1.13. The van der Waals surface area contributed by atoms with E-state index < -0.39 is 5.41 Å². The van der Waals surface area contributed by atoms with Crippen molar-refractivity contribution in [2.45, 2.75) is 37.6 Å². The van der Waals surface area contributed by atoms with E-state index in [1.807, 2.05) is 0 Å². The highest BCUT2D eigenvalue weighted by molar-refractivity contribution is 5.91. The van der Waals surface area contributed by atoms with Gasteiger partial charge in [-0.25, -0.2) is 4.39 Å². The van der Waals surface area contributed by atoms with Crippen molar-refractivity contribution in [2.75, 3.05) is 13.1 Å². The molecular weight excluding hydrogens is 291 g/mol. The number of piperidine rings is 1. The molecule has 1 heterocycles. The van der Waals surface area contributed by atoms with Crippen molar-refractivity contribution in [1.82, 2.24) is 10.6 Å². The van der Waals surface area contributed by atoms with Gasteiger partial charge in [-0.15, -0.1) is 12.4 Å². The van der Waals surface area contributed by atoms with Crippen LogP contribution in [0.3, 0.4) is 0 Å². The van der Waals surface area contributed by atoms with Gasteiger partial charge in [-0.1, -0.05) is 19.1 Å². The summed E-state index contributed by atoms with van der Waals surface area (Å²) in [6, 6.07) is 6.62. The Labute approximate surface area is 131 Å². The van der Waals surface area contributed by atoms with Crippen LogP contribution in [0.25, 0.3) is 0 Å². The molecule has 21 heavy (non-hydrogen) atoms. The summed E-state index contributed by atoms with van der Waals surface area (Å²) in [5.74, 6) is 0.316. The Balaban J connectivity index is 0.00000161. The number of carbonyl (C=O) groups is 1. The summed E-state index contributed by atoms with van der Waals surface area (Å²) < 4.78 is 13.0. The largest absolute Gasteiger partial charge is 0.352 e. The van der Waals surface area contributed by atoms with E-state index in [9.17, 15) is 9.18 Å². The molecule has 0 spiro atoms. The molecular formula is C16H22ClFN2O. The molecule has 1 saturated heterocycles. The van der Waals surface area contributed by atoms with Crippen molar-refractivity contribution in [2.24, 2.45) is 5.92 Å². The molecule has 5 heteroatoms. The predicted molar refractivity (Wildman–Crippen MR) is 83.1 cm³/mol. The summed E-state index contributed by atoms with van der Waals surface area (Å²) >= 11 is 0. The van der Waals surface area contributed by atoms with Crippen LogP contribution in [0.1, 0.15) is 31.7 Å². The Bertz CT molecular complexity index is 502. The zero-order chi connectivity index (χ0) is 14.2. The fourth-order valence-electron chi connectivity index (χ4n) is 3.08. The number of hydrogen-bond donors (Lipinski definition) is 2. The third-order valence-corrected chi connectivity index (χ3v) is 4.68. The van der Waals surface area contributed by atoms with Crippen LogP contribution in [0.4, 0.5) is 4.39 Å². The van der Waals surface area contributed by atoms with Crippen molar-refractivity contribution < 1.29 is 9.18 Å². The van der Waals surface area contributed by atoms with Crippen molar-refractivity contribution >= 4 is 18.3 Å². The van der Waals surface area contributed by atoms with Gasteiger partial charge < -0.3 is 10.6 Å². The van der Waals surface area contributed by atoms with Crippen LogP contribution in [-0.2, 0) is 10.2 Å². The molecule has 1 aliphatic carbocycles. The van der Waals surface area contributed by atoms with Gasteiger partial charge in [0.1, 0.15) is 5.82 Å². The number of amides is 1. The second-order valence-electron chi connectivity index (χ2n) is 6.14. The molecule has 1 aromatic rings. The Morgan fingerprint density at radius 2 is 2.00 bits per heavy atom. The summed E-state index contributed by atoms with van der Waals surface area (Å²) in [4.78, 5) is 12.6. The van der Waals surface area contributed by atoms with Crippen molar-refractivity contribution in [1.29, 1.82) is 0 Å². The smallest absolute Gasteiger partial charge is 0.230 e. The van der Waals surface area contributed by atoms with Crippen LogP contribution < -0.4 is 10.6 Å². The maximum Gasteiger partial charge on any atom is 0.230 e. The molecule has 1 amide bonds. The lowest BCUT2D eigenvalue weighted by atomic mass is 9.91. The fraction of sp³-hybridized carbons (Fsp3) is 0.562. The van der Waals surface area contributed by atoms with Gasteiger partial charge in [0.15, 0.2) is 0 Å². The SMILES string of the molecule is CC1CNCCC1NC(=O)C1(c2ccc(F)cc2)CC1.Cl. The summed E-state index contributed by atoms with van der Waals surface area (Å²) in [6.45, 7) is 4.07. The maximum atomic E-state index is 13.0. The summed E-state index contributed by atoms with van der Waals surface area (Å²) in [7, 11) is 0. The fourth-order valence-corrected chi connectivity index (χ4v) is 3.08. The van der Waals surface area contributed by atoms with Crippen molar-refractivity contribution in [3.63, 3.8) is 0 Å². The van der Waals surface area contributed by atoms with Crippen LogP contribution in [-0.4, -0.2) is 25.0 Å². The third-order valence-electron chi connectivity index (χ3n) is 4.68. The molecule has 1 aliphatic heterocycles. The minimum absolute atomic E-state index is 0. The van der Waals surface area contributed by atoms with Crippen LogP contribution in [0, 0.1) is 11.7 Å². The van der Waals surface area contributed by atoms with E-state index in [1.54, 1.807) is 12.1 Å². The van der Waals surface area contributed by atoms with E-state index >= 15 is 0 Å². The number of nitrogens with one attached hydrogen (secondary N) is 2. The van der Waals surface area contributed by atoms with Gasteiger partial charge in [0.05, 0.1) is 5.41 Å². The molecule has 2 N–H and O–H groups in total. The molecule has 2 unspecified atom stereocenters.